The Kier molecular flexibility index (Phi) is 5.53. The van der Waals surface area contributed by atoms with Crippen LogP contribution in [-0.4, -0.2) is 57.5 Å². The molecule has 2 bridgehead atoms. The molecule has 0 spiro atoms. The summed E-state index contributed by atoms with van der Waals surface area (Å²) in [6, 6.07) is 7.54. The fraction of sp³-hybridized carbons (Fsp3) is 0.455. The number of aromatic nitrogens is 2. The van der Waals surface area contributed by atoms with Gasteiger partial charge in [0.2, 0.25) is 5.95 Å². The molecule has 2 aromatic rings. The Labute approximate surface area is 184 Å². The first-order chi connectivity index (χ1) is 14.2. The van der Waals surface area contributed by atoms with E-state index in [1.165, 1.54) is 0 Å². The largest absolute Gasteiger partial charge is 0.444 e. The zero-order chi connectivity index (χ0) is 21.5. The molecule has 2 saturated heterocycles. The summed E-state index contributed by atoms with van der Waals surface area (Å²) in [5, 5.41) is 0. The second-order valence-corrected chi connectivity index (χ2v) is 9.70. The van der Waals surface area contributed by atoms with Gasteiger partial charge in [-0.25, -0.2) is 14.8 Å². The maximum absolute atomic E-state index is 12.7. The van der Waals surface area contributed by atoms with Crippen molar-refractivity contribution in [1.82, 2.24) is 14.9 Å². The lowest BCUT2D eigenvalue weighted by Gasteiger charge is -2.41. The second kappa shape index (κ2) is 7.98. The predicted molar refractivity (Wildman–Crippen MR) is 117 cm³/mol. The normalized spacial score (nSPS) is 20.9. The van der Waals surface area contributed by atoms with E-state index in [-0.39, 0.29) is 24.0 Å². The van der Waals surface area contributed by atoms with Crippen molar-refractivity contribution in [3.8, 4) is 0 Å². The summed E-state index contributed by atoms with van der Waals surface area (Å²) in [5.74, 6) is 0.505. The van der Waals surface area contributed by atoms with Crippen LogP contribution in [0.5, 0.6) is 0 Å². The number of ether oxygens (including phenoxy) is 1. The highest BCUT2D eigenvalue weighted by Gasteiger charge is 2.43. The van der Waals surface area contributed by atoms with Gasteiger partial charge in [-0.05, 0) is 57.9 Å². The number of likely N-dealkylation sites (tertiary alicyclic amines) is 1. The monoisotopic (exact) mass is 472 g/mol. The number of carbonyl (C=O) groups is 2. The molecule has 30 heavy (non-hydrogen) atoms. The maximum Gasteiger partial charge on any atom is 0.410 e. The first-order valence-electron chi connectivity index (χ1n) is 10.1. The Bertz CT molecular complexity index is 926. The maximum atomic E-state index is 12.7. The molecule has 0 aliphatic carbocycles. The zero-order valence-electron chi connectivity index (χ0n) is 17.3. The van der Waals surface area contributed by atoms with Crippen LogP contribution in [0.1, 0.15) is 49.5 Å². The molecule has 0 radical (unpaired) electrons. The Morgan fingerprint density at radius 1 is 1.00 bits per heavy atom. The quantitative estimate of drug-likeness (QED) is 0.626. The van der Waals surface area contributed by atoms with Crippen LogP contribution in [-0.2, 0) is 4.74 Å². The van der Waals surface area contributed by atoms with Crippen molar-refractivity contribution in [2.24, 2.45) is 0 Å². The number of fused-ring (bicyclic) bond motifs is 2. The molecule has 2 unspecified atom stereocenters. The van der Waals surface area contributed by atoms with E-state index in [1.54, 1.807) is 29.4 Å². The van der Waals surface area contributed by atoms with Crippen molar-refractivity contribution in [3.63, 3.8) is 0 Å². The van der Waals surface area contributed by atoms with E-state index >= 15 is 0 Å². The number of ketones is 1. The number of hydrogen-bond donors (Lipinski definition) is 0. The summed E-state index contributed by atoms with van der Waals surface area (Å²) in [6.45, 7) is 6.81. The van der Waals surface area contributed by atoms with Crippen molar-refractivity contribution in [3.05, 3.63) is 52.3 Å². The molecule has 3 heterocycles. The molecule has 2 atom stereocenters. The molecule has 4 rings (SSSR count). The fourth-order valence-electron chi connectivity index (χ4n) is 4.04. The number of rotatable bonds is 3. The lowest BCUT2D eigenvalue weighted by Crippen LogP contribution is -2.56. The Hall–Kier alpha value is -2.48. The summed E-state index contributed by atoms with van der Waals surface area (Å²) in [6.07, 6.45) is 4.87. The molecular formula is C22H25BrN4O3. The van der Waals surface area contributed by atoms with Crippen molar-refractivity contribution >= 4 is 33.8 Å². The van der Waals surface area contributed by atoms with Gasteiger partial charge in [0.1, 0.15) is 5.60 Å². The minimum absolute atomic E-state index is 0.105. The number of carbonyl (C=O) groups excluding carboxylic acids is 2. The predicted octanol–water partition coefficient (Wildman–Crippen LogP) is 4.06. The SMILES string of the molecule is CC(C)(C)OC(=O)N1CC2CCC(C1)N2c1ncc(C(=O)c2ccc(Br)cc2)cn1. The number of amides is 1. The van der Waals surface area contributed by atoms with Crippen LogP contribution in [0.4, 0.5) is 10.7 Å². The van der Waals surface area contributed by atoms with Crippen LogP contribution in [0, 0.1) is 0 Å². The third-order valence-corrected chi connectivity index (χ3v) is 5.90. The molecule has 0 saturated carbocycles. The van der Waals surface area contributed by atoms with Gasteiger partial charge in [0.05, 0.1) is 17.6 Å². The highest BCUT2D eigenvalue weighted by molar-refractivity contribution is 9.10. The third kappa shape index (κ3) is 4.33. The first-order valence-corrected chi connectivity index (χ1v) is 10.9. The summed E-state index contributed by atoms with van der Waals surface area (Å²) in [7, 11) is 0. The van der Waals surface area contributed by atoms with Gasteiger partial charge < -0.3 is 14.5 Å². The fourth-order valence-corrected chi connectivity index (χ4v) is 4.31. The standard InChI is InChI=1S/C22H25BrN4O3/c1-22(2,3)30-21(29)26-12-17-8-9-18(13-26)27(17)20-24-10-15(11-25-20)19(28)14-4-6-16(23)7-5-14/h4-7,10-11,17-18H,8-9,12-13H2,1-3H3. The van der Waals surface area contributed by atoms with Crippen LogP contribution < -0.4 is 4.90 Å². The molecule has 8 heteroatoms. The lowest BCUT2D eigenvalue weighted by molar-refractivity contribution is 0.0208. The molecule has 1 aromatic carbocycles. The van der Waals surface area contributed by atoms with E-state index < -0.39 is 5.60 Å². The van der Waals surface area contributed by atoms with Crippen molar-refractivity contribution < 1.29 is 14.3 Å². The Balaban J connectivity index is 1.46. The topological polar surface area (TPSA) is 75.6 Å². The van der Waals surface area contributed by atoms with Gasteiger partial charge in [0, 0.05) is 35.5 Å². The third-order valence-electron chi connectivity index (χ3n) is 5.37. The summed E-state index contributed by atoms with van der Waals surface area (Å²) >= 11 is 3.37. The van der Waals surface area contributed by atoms with E-state index in [0.29, 0.717) is 30.2 Å². The summed E-state index contributed by atoms with van der Waals surface area (Å²) in [4.78, 5) is 38.1. The number of benzene rings is 1. The Morgan fingerprint density at radius 2 is 1.57 bits per heavy atom. The van der Waals surface area contributed by atoms with E-state index in [4.69, 9.17) is 4.74 Å². The first kappa shape index (κ1) is 20.8. The van der Waals surface area contributed by atoms with Gasteiger partial charge in [-0.1, -0.05) is 15.9 Å². The van der Waals surface area contributed by atoms with Crippen LogP contribution >= 0.6 is 15.9 Å². The van der Waals surface area contributed by atoms with Gasteiger partial charge in [-0.3, -0.25) is 4.79 Å². The van der Waals surface area contributed by atoms with E-state index in [0.717, 1.165) is 17.3 Å². The van der Waals surface area contributed by atoms with Crippen LogP contribution in [0.15, 0.2) is 41.1 Å². The van der Waals surface area contributed by atoms with Gasteiger partial charge in [0.15, 0.2) is 5.78 Å². The summed E-state index contributed by atoms with van der Waals surface area (Å²) in [5.41, 5.74) is 0.550. The van der Waals surface area contributed by atoms with Gasteiger partial charge >= 0.3 is 6.09 Å². The molecule has 2 fully saturated rings. The van der Waals surface area contributed by atoms with Crippen molar-refractivity contribution in [2.75, 3.05) is 18.0 Å². The van der Waals surface area contributed by atoms with E-state index in [9.17, 15) is 9.59 Å². The highest BCUT2D eigenvalue weighted by atomic mass is 79.9. The number of hydrogen-bond acceptors (Lipinski definition) is 6. The smallest absolute Gasteiger partial charge is 0.410 e. The molecule has 2 aliphatic rings. The zero-order valence-corrected chi connectivity index (χ0v) is 18.9. The van der Waals surface area contributed by atoms with Crippen LogP contribution in [0.25, 0.3) is 0 Å². The average molecular weight is 473 g/mol. The van der Waals surface area contributed by atoms with Crippen molar-refractivity contribution in [1.29, 1.82) is 0 Å². The Morgan fingerprint density at radius 3 is 2.10 bits per heavy atom. The molecular weight excluding hydrogens is 448 g/mol. The van der Waals surface area contributed by atoms with E-state index in [2.05, 4.69) is 30.8 Å². The van der Waals surface area contributed by atoms with Gasteiger partial charge in [0.25, 0.3) is 0 Å². The van der Waals surface area contributed by atoms with Crippen molar-refractivity contribution in [2.45, 2.75) is 51.3 Å². The minimum atomic E-state index is -0.506. The van der Waals surface area contributed by atoms with Gasteiger partial charge in [-0.15, -0.1) is 0 Å². The second-order valence-electron chi connectivity index (χ2n) is 8.79. The minimum Gasteiger partial charge on any atom is -0.444 e. The van der Waals surface area contributed by atoms with E-state index in [1.807, 2.05) is 32.9 Å². The van der Waals surface area contributed by atoms with Crippen LogP contribution in [0.3, 0.4) is 0 Å². The highest BCUT2D eigenvalue weighted by Crippen LogP contribution is 2.33. The van der Waals surface area contributed by atoms with Gasteiger partial charge in [-0.2, -0.15) is 0 Å². The molecule has 158 valence electrons. The summed E-state index contributed by atoms with van der Waals surface area (Å²) < 4.78 is 6.45. The molecule has 0 N–H and O–H groups in total. The molecule has 1 amide bonds. The molecule has 7 nitrogen and oxygen atoms in total. The van der Waals surface area contributed by atoms with Crippen LogP contribution in [0.2, 0.25) is 0 Å². The lowest BCUT2D eigenvalue weighted by atomic mass is 10.1. The number of piperazine rings is 1. The molecule has 2 aliphatic heterocycles. The molecule has 1 aromatic heterocycles. The number of nitrogens with zero attached hydrogens (tertiary/aromatic N) is 4. The number of anilines is 1. The number of halogens is 1. The average Bonchev–Trinajstić information content (AvgIpc) is 2.96.